The van der Waals surface area contributed by atoms with Gasteiger partial charge in [0, 0.05) is 5.66 Å². The Hall–Kier alpha value is 0.180. The van der Waals surface area contributed by atoms with Gasteiger partial charge in [0.1, 0.15) is 5.47 Å². The van der Waals surface area contributed by atoms with Gasteiger partial charge in [-0.15, -0.1) is 12.2 Å². The van der Waals surface area contributed by atoms with Crippen LogP contribution in [0, 0.1) is 0 Å². The van der Waals surface area contributed by atoms with E-state index in [4.69, 9.17) is 11.8 Å². The van der Waals surface area contributed by atoms with Crippen LogP contribution >= 0.6 is 17.7 Å². The predicted octanol–water partition coefficient (Wildman–Crippen LogP) is 2.98. The summed E-state index contributed by atoms with van der Waals surface area (Å²) in [7, 11) is 0. The Balaban J connectivity index is 2.94. The molecular weight excluding hydrogens is 207 g/mol. The average Bonchev–Trinajstić information content (AvgIpc) is 2.03. The summed E-state index contributed by atoms with van der Waals surface area (Å²) < 4.78 is 0. The van der Waals surface area contributed by atoms with Crippen LogP contribution in [0.1, 0.15) is 18.1 Å². The topological polar surface area (TPSA) is 20.2 Å². The average molecular weight is 218 g/mol. The number of hydrogen-bond donors (Lipinski definition) is 2. The van der Waals surface area contributed by atoms with E-state index < -0.39 is 5.47 Å². The summed E-state index contributed by atoms with van der Waals surface area (Å²) in [5, 5.41) is 0. The van der Waals surface area contributed by atoms with Gasteiger partial charge >= 0.3 is 0 Å². The molecule has 2 atom stereocenters. The molecule has 0 spiro atoms. The Labute approximate surface area is 83.1 Å². The van der Waals surface area contributed by atoms with Crippen LogP contribution in [0.5, 0.6) is 0 Å². The van der Waals surface area contributed by atoms with Crippen molar-refractivity contribution in [1.29, 1.82) is 0 Å². The Morgan fingerprint density at radius 1 is 1.42 bits per heavy atom. The van der Waals surface area contributed by atoms with E-state index in [1.807, 2.05) is 37.3 Å². The van der Waals surface area contributed by atoms with Crippen LogP contribution in [0.25, 0.3) is 0 Å². The zero-order valence-electron chi connectivity index (χ0n) is 6.71. The van der Waals surface area contributed by atoms with Gasteiger partial charge in [0.2, 0.25) is 0 Å². The van der Waals surface area contributed by atoms with Gasteiger partial charge in [0.15, 0.2) is 0 Å². The summed E-state index contributed by atoms with van der Waals surface area (Å²) in [5.74, 6) is 0. The van der Waals surface area contributed by atoms with Crippen LogP contribution in [0.3, 0.4) is 0 Å². The highest BCUT2D eigenvalue weighted by Gasteiger charge is 2.18. The molecule has 0 radical (unpaired) electrons. The van der Waals surface area contributed by atoms with Crippen LogP contribution in [0.15, 0.2) is 30.3 Å². The minimum atomic E-state index is -2.45. The largest absolute Gasteiger partial charge is 0.357 e. The lowest BCUT2D eigenvalue weighted by molar-refractivity contribution is 0.627. The van der Waals surface area contributed by atoms with E-state index >= 15 is 0 Å². The molecule has 4 heteroatoms. The van der Waals surface area contributed by atoms with Crippen molar-refractivity contribution < 1.29 is 4.89 Å². The van der Waals surface area contributed by atoms with Crippen LogP contribution < -0.4 is 0 Å². The highest BCUT2D eigenvalue weighted by Crippen LogP contribution is 2.59. The van der Waals surface area contributed by atoms with Crippen molar-refractivity contribution >= 4 is 29.5 Å². The minimum Gasteiger partial charge on any atom is -0.357 e. The van der Waals surface area contributed by atoms with E-state index in [1.54, 1.807) is 0 Å². The van der Waals surface area contributed by atoms with E-state index in [0.29, 0.717) is 0 Å². The number of thiol groups is 1. The number of benzene rings is 1. The third-order valence-corrected chi connectivity index (χ3v) is 5.08. The van der Waals surface area contributed by atoms with Gasteiger partial charge in [-0.2, -0.15) is 0 Å². The molecule has 0 heterocycles. The number of hydrogen-bond acceptors (Lipinski definition) is 1. The molecule has 12 heavy (non-hydrogen) atoms. The Kier molecular flexibility index (Phi) is 3.36. The van der Waals surface area contributed by atoms with Gasteiger partial charge in [-0.3, -0.25) is 0 Å². The molecule has 1 aromatic rings. The lowest BCUT2D eigenvalue weighted by Crippen LogP contribution is -1.89. The van der Waals surface area contributed by atoms with Crippen LogP contribution in [-0.2, 0) is 11.8 Å². The van der Waals surface area contributed by atoms with Gasteiger partial charge in [-0.05, 0) is 5.56 Å². The van der Waals surface area contributed by atoms with Crippen molar-refractivity contribution in [3.8, 4) is 0 Å². The predicted molar refractivity (Wildman–Crippen MR) is 60.3 cm³/mol. The van der Waals surface area contributed by atoms with Crippen LogP contribution in [0.4, 0.5) is 0 Å². The quantitative estimate of drug-likeness (QED) is 0.588. The van der Waals surface area contributed by atoms with E-state index in [9.17, 15) is 4.89 Å². The first-order chi connectivity index (χ1) is 5.52. The normalized spacial score (nSPS) is 18.2. The van der Waals surface area contributed by atoms with Gasteiger partial charge < -0.3 is 4.89 Å². The summed E-state index contributed by atoms with van der Waals surface area (Å²) in [6.07, 6.45) is 0. The third-order valence-electron chi connectivity index (χ3n) is 1.79. The van der Waals surface area contributed by atoms with E-state index in [-0.39, 0.29) is 5.66 Å². The summed E-state index contributed by atoms with van der Waals surface area (Å²) >= 11 is 8.96. The fraction of sp³-hybridized carbons (Fsp3) is 0.250. The smallest absolute Gasteiger partial charge is 0.121 e. The van der Waals surface area contributed by atoms with Crippen molar-refractivity contribution in [2.75, 3.05) is 0 Å². The molecule has 0 fully saturated rings. The first kappa shape index (κ1) is 10.3. The minimum absolute atomic E-state index is 0.0305. The molecule has 0 amide bonds. The lowest BCUT2D eigenvalue weighted by Gasteiger charge is -2.17. The standard InChI is InChI=1S/C8H11OPS2/c1-7(10(9,11)12)8-5-3-2-4-6-8/h2-7H,1H3,(H2,9,11,12)/t7-/m0/s1. The van der Waals surface area contributed by atoms with Gasteiger partial charge in [-0.25, -0.2) is 0 Å². The van der Waals surface area contributed by atoms with Gasteiger partial charge in [0.05, 0.1) is 0 Å². The van der Waals surface area contributed by atoms with Crippen LogP contribution in [-0.4, -0.2) is 4.89 Å². The fourth-order valence-corrected chi connectivity index (χ4v) is 2.25. The Morgan fingerprint density at radius 3 is 2.33 bits per heavy atom. The molecule has 0 aromatic heterocycles. The van der Waals surface area contributed by atoms with Crippen molar-refractivity contribution in [3.63, 3.8) is 0 Å². The molecule has 1 N–H and O–H groups in total. The lowest BCUT2D eigenvalue weighted by atomic mass is 10.2. The molecule has 0 aliphatic rings. The van der Waals surface area contributed by atoms with E-state index in [0.717, 1.165) is 5.56 Å². The highest BCUT2D eigenvalue weighted by molar-refractivity contribution is 8.61. The molecule has 0 saturated heterocycles. The van der Waals surface area contributed by atoms with Crippen molar-refractivity contribution in [2.24, 2.45) is 0 Å². The summed E-state index contributed by atoms with van der Waals surface area (Å²) in [6.45, 7) is 1.91. The second-order valence-electron chi connectivity index (χ2n) is 2.68. The molecule has 66 valence electrons. The maximum absolute atomic E-state index is 9.53. The maximum atomic E-state index is 9.53. The molecule has 0 saturated carbocycles. The Morgan fingerprint density at radius 2 is 1.92 bits per heavy atom. The third kappa shape index (κ3) is 2.60. The first-order valence-corrected chi connectivity index (χ1v) is 7.59. The van der Waals surface area contributed by atoms with Gasteiger partial charge in [0.25, 0.3) is 0 Å². The first-order valence-electron chi connectivity index (χ1n) is 3.62. The molecule has 1 nitrogen and oxygen atoms in total. The maximum Gasteiger partial charge on any atom is 0.121 e. The summed E-state index contributed by atoms with van der Waals surface area (Å²) in [6, 6.07) is 9.72. The molecule has 1 rings (SSSR count). The van der Waals surface area contributed by atoms with Crippen LogP contribution in [0.2, 0.25) is 0 Å². The summed E-state index contributed by atoms with van der Waals surface area (Å²) in [4.78, 5) is 9.53. The molecule has 1 aromatic carbocycles. The van der Waals surface area contributed by atoms with E-state index in [1.165, 1.54) is 0 Å². The summed E-state index contributed by atoms with van der Waals surface area (Å²) in [5.41, 5.74) is -1.43. The van der Waals surface area contributed by atoms with Crippen molar-refractivity contribution in [1.82, 2.24) is 0 Å². The zero-order valence-corrected chi connectivity index (χ0v) is 9.32. The second-order valence-corrected chi connectivity index (χ2v) is 8.94. The second kappa shape index (κ2) is 3.93. The molecule has 0 aliphatic heterocycles. The molecule has 0 aliphatic carbocycles. The molecule has 1 unspecified atom stereocenters. The SMILES string of the molecule is C[C@@H](c1ccccc1)P(O)(=S)S. The number of rotatable bonds is 2. The molecule has 0 bridgehead atoms. The van der Waals surface area contributed by atoms with Crippen molar-refractivity contribution in [3.05, 3.63) is 35.9 Å². The molecular formula is C8H11OPS2. The monoisotopic (exact) mass is 218 g/mol. The Bertz CT molecular complexity index is 293. The van der Waals surface area contributed by atoms with Crippen molar-refractivity contribution in [2.45, 2.75) is 12.6 Å². The van der Waals surface area contributed by atoms with E-state index in [2.05, 4.69) is 12.2 Å². The fourth-order valence-electron chi connectivity index (χ4n) is 0.926. The van der Waals surface area contributed by atoms with Gasteiger partial charge in [-0.1, -0.05) is 49.1 Å². The highest BCUT2D eigenvalue weighted by atomic mass is 32.9. The zero-order chi connectivity index (χ0) is 9.19.